The van der Waals surface area contributed by atoms with Crippen LogP contribution in [0.25, 0.3) is 0 Å². The van der Waals surface area contributed by atoms with Gasteiger partial charge in [0.1, 0.15) is 0 Å². The molecule has 0 aliphatic carbocycles. The molecule has 0 bridgehead atoms. The third-order valence-corrected chi connectivity index (χ3v) is 4.95. The molecule has 2 amide bonds. The van der Waals surface area contributed by atoms with Gasteiger partial charge in [-0.05, 0) is 60.4 Å². The molecule has 1 aliphatic heterocycles. The maximum atomic E-state index is 12.8. The number of fused-ring (bicyclic) bond motifs is 1. The largest absolute Gasteiger partial charge is 0.416 e. The fourth-order valence-corrected chi connectivity index (χ4v) is 3.41. The Morgan fingerprint density at radius 3 is 1.97 bits per heavy atom. The van der Waals surface area contributed by atoms with E-state index in [9.17, 15) is 22.8 Å². The van der Waals surface area contributed by atoms with Crippen LogP contribution in [0.1, 0.15) is 37.4 Å². The van der Waals surface area contributed by atoms with Crippen LogP contribution < -0.4 is 4.90 Å². The van der Waals surface area contributed by atoms with Crippen LogP contribution in [0.15, 0.2) is 72.8 Å². The van der Waals surface area contributed by atoms with Gasteiger partial charge in [-0.1, -0.05) is 36.4 Å². The van der Waals surface area contributed by atoms with E-state index in [-0.39, 0.29) is 16.8 Å². The van der Waals surface area contributed by atoms with Crippen LogP contribution in [0.5, 0.6) is 0 Å². The number of carbonyl (C=O) groups excluding carboxylic acids is 2. The Kier molecular flexibility index (Phi) is 4.70. The van der Waals surface area contributed by atoms with Crippen molar-refractivity contribution in [3.05, 3.63) is 101 Å². The number of amides is 2. The number of imide groups is 1. The molecule has 1 heterocycles. The summed E-state index contributed by atoms with van der Waals surface area (Å²) in [6.45, 7) is 0. The first-order valence-electron chi connectivity index (χ1n) is 9.07. The van der Waals surface area contributed by atoms with Crippen molar-refractivity contribution in [1.29, 1.82) is 0 Å². The van der Waals surface area contributed by atoms with E-state index in [1.807, 2.05) is 36.4 Å². The highest BCUT2D eigenvalue weighted by atomic mass is 19.4. The number of nitrogens with zero attached hydrogens (tertiary/aromatic N) is 1. The molecule has 0 spiro atoms. The molecule has 3 aromatic rings. The van der Waals surface area contributed by atoms with E-state index in [2.05, 4.69) is 0 Å². The van der Waals surface area contributed by atoms with E-state index < -0.39 is 23.6 Å². The summed E-state index contributed by atoms with van der Waals surface area (Å²) in [5.74, 6) is -1.05. The summed E-state index contributed by atoms with van der Waals surface area (Å²) in [7, 11) is 0. The summed E-state index contributed by atoms with van der Waals surface area (Å²) in [6.07, 6.45) is -2.97. The number of carbonyl (C=O) groups is 2. The summed E-state index contributed by atoms with van der Waals surface area (Å²) in [5, 5.41) is 0. The Morgan fingerprint density at radius 1 is 0.690 bits per heavy atom. The van der Waals surface area contributed by atoms with Crippen LogP contribution in [-0.2, 0) is 19.0 Å². The fourth-order valence-electron chi connectivity index (χ4n) is 3.41. The van der Waals surface area contributed by atoms with Crippen molar-refractivity contribution < 1.29 is 22.8 Å². The Labute approximate surface area is 165 Å². The van der Waals surface area contributed by atoms with Crippen LogP contribution in [0.4, 0.5) is 18.9 Å². The quantitative estimate of drug-likeness (QED) is 0.563. The molecule has 6 heteroatoms. The van der Waals surface area contributed by atoms with Gasteiger partial charge in [0.2, 0.25) is 0 Å². The van der Waals surface area contributed by atoms with Crippen LogP contribution in [0, 0.1) is 0 Å². The highest BCUT2D eigenvalue weighted by molar-refractivity contribution is 6.34. The molecule has 3 nitrogen and oxygen atoms in total. The number of halogens is 3. The smallest absolute Gasteiger partial charge is 0.268 e. The number of anilines is 1. The molecule has 0 saturated carbocycles. The fraction of sp³-hybridized carbons (Fsp3) is 0.130. The standard InChI is InChI=1S/C23H16F3NO2/c24-23(25,26)17-9-11-18(12-10-17)27-21(28)19-13-8-16(14-20(19)22(27)29)7-6-15-4-2-1-3-5-15/h1-5,8-14H,6-7H2. The second-order valence-electron chi connectivity index (χ2n) is 6.86. The normalized spacial score (nSPS) is 13.7. The van der Waals surface area contributed by atoms with E-state index >= 15 is 0 Å². The van der Waals surface area contributed by atoms with Crippen LogP contribution in [-0.4, -0.2) is 11.8 Å². The highest BCUT2D eigenvalue weighted by Gasteiger charge is 2.37. The van der Waals surface area contributed by atoms with Crippen LogP contribution >= 0.6 is 0 Å². The lowest BCUT2D eigenvalue weighted by molar-refractivity contribution is -0.137. The molecular formula is C23H16F3NO2. The third kappa shape index (κ3) is 3.66. The number of hydrogen-bond acceptors (Lipinski definition) is 2. The van der Waals surface area contributed by atoms with Crippen molar-refractivity contribution in [3.8, 4) is 0 Å². The molecule has 0 fully saturated rings. The zero-order chi connectivity index (χ0) is 20.6. The van der Waals surface area contributed by atoms with Gasteiger partial charge in [-0.2, -0.15) is 13.2 Å². The number of benzene rings is 3. The van der Waals surface area contributed by atoms with Crippen molar-refractivity contribution in [2.24, 2.45) is 0 Å². The number of aryl methyl sites for hydroxylation is 2. The van der Waals surface area contributed by atoms with Crippen molar-refractivity contribution in [1.82, 2.24) is 0 Å². The molecule has 0 unspecified atom stereocenters. The van der Waals surface area contributed by atoms with Gasteiger partial charge in [-0.15, -0.1) is 0 Å². The number of hydrogen-bond donors (Lipinski definition) is 0. The summed E-state index contributed by atoms with van der Waals surface area (Å²) in [4.78, 5) is 26.4. The average molecular weight is 395 g/mol. The average Bonchev–Trinajstić information content (AvgIpc) is 2.96. The monoisotopic (exact) mass is 395 g/mol. The molecule has 0 aromatic heterocycles. The van der Waals surface area contributed by atoms with E-state index in [1.54, 1.807) is 12.1 Å². The lowest BCUT2D eigenvalue weighted by atomic mass is 10.0. The minimum Gasteiger partial charge on any atom is -0.268 e. The predicted octanol–water partition coefficient (Wildman–Crippen LogP) is 5.29. The SMILES string of the molecule is O=C1c2ccc(CCc3ccccc3)cc2C(=O)N1c1ccc(C(F)(F)F)cc1. The first kappa shape index (κ1) is 18.9. The molecular weight excluding hydrogens is 379 g/mol. The minimum atomic E-state index is -4.48. The molecule has 29 heavy (non-hydrogen) atoms. The first-order chi connectivity index (χ1) is 13.8. The molecule has 0 atom stereocenters. The van der Waals surface area contributed by atoms with Crippen LogP contribution in [0.3, 0.4) is 0 Å². The summed E-state index contributed by atoms with van der Waals surface area (Å²) in [6, 6.07) is 19.0. The first-order valence-corrected chi connectivity index (χ1v) is 9.07. The predicted molar refractivity (Wildman–Crippen MR) is 103 cm³/mol. The molecule has 146 valence electrons. The van der Waals surface area contributed by atoms with Gasteiger partial charge >= 0.3 is 6.18 Å². The lowest BCUT2D eigenvalue weighted by Gasteiger charge is -2.15. The van der Waals surface area contributed by atoms with Gasteiger partial charge < -0.3 is 0 Å². The van der Waals surface area contributed by atoms with E-state index in [1.165, 1.54) is 5.56 Å². The molecule has 4 rings (SSSR count). The maximum Gasteiger partial charge on any atom is 0.416 e. The maximum absolute atomic E-state index is 12.8. The summed E-state index contributed by atoms with van der Waals surface area (Å²) in [5.41, 5.74) is 1.92. The van der Waals surface area contributed by atoms with Gasteiger partial charge in [0, 0.05) is 0 Å². The second-order valence-corrected chi connectivity index (χ2v) is 6.86. The topological polar surface area (TPSA) is 37.4 Å². The molecule has 0 saturated heterocycles. The lowest BCUT2D eigenvalue weighted by Crippen LogP contribution is -2.29. The van der Waals surface area contributed by atoms with Gasteiger partial charge in [-0.3, -0.25) is 9.59 Å². The molecule has 3 aromatic carbocycles. The van der Waals surface area contributed by atoms with Gasteiger partial charge in [0.15, 0.2) is 0 Å². The zero-order valence-corrected chi connectivity index (χ0v) is 15.2. The van der Waals surface area contributed by atoms with Crippen molar-refractivity contribution in [2.45, 2.75) is 19.0 Å². The summed E-state index contributed by atoms with van der Waals surface area (Å²) < 4.78 is 38.3. The van der Waals surface area contributed by atoms with Crippen molar-refractivity contribution in [2.75, 3.05) is 4.90 Å². The second kappa shape index (κ2) is 7.20. The molecule has 0 N–H and O–H groups in total. The highest BCUT2D eigenvalue weighted by Crippen LogP contribution is 2.33. The number of alkyl halides is 3. The Morgan fingerprint density at radius 2 is 1.31 bits per heavy atom. The van der Waals surface area contributed by atoms with Gasteiger partial charge in [-0.25, -0.2) is 4.90 Å². The summed E-state index contributed by atoms with van der Waals surface area (Å²) >= 11 is 0. The van der Waals surface area contributed by atoms with Gasteiger partial charge in [0.25, 0.3) is 11.8 Å². The van der Waals surface area contributed by atoms with Gasteiger partial charge in [0.05, 0.1) is 22.4 Å². The Hall–Kier alpha value is -3.41. The minimum absolute atomic E-state index is 0.120. The van der Waals surface area contributed by atoms with E-state index in [0.717, 1.165) is 41.1 Å². The van der Waals surface area contributed by atoms with Crippen molar-refractivity contribution >= 4 is 17.5 Å². The number of rotatable bonds is 4. The Balaban J connectivity index is 1.57. The van der Waals surface area contributed by atoms with Crippen LogP contribution in [0.2, 0.25) is 0 Å². The van der Waals surface area contributed by atoms with E-state index in [0.29, 0.717) is 6.42 Å². The zero-order valence-electron chi connectivity index (χ0n) is 15.2. The third-order valence-electron chi connectivity index (χ3n) is 4.95. The molecule has 0 radical (unpaired) electrons. The van der Waals surface area contributed by atoms with Crippen molar-refractivity contribution in [3.63, 3.8) is 0 Å². The Bertz CT molecular complexity index is 1070. The van der Waals surface area contributed by atoms with E-state index in [4.69, 9.17) is 0 Å². The molecule has 1 aliphatic rings.